The lowest BCUT2D eigenvalue weighted by Gasteiger charge is -2.04. The summed E-state index contributed by atoms with van der Waals surface area (Å²) in [6.45, 7) is 1.65. The van der Waals surface area contributed by atoms with E-state index in [1.54, 1.807) is 6.92 Å². The minimum atomic E-state index is -0.191. The van der Waals surface area contributed by atoms with E-state index in [1.165, 1.54) is 11.8 Å². The molecule has 2 aromatic rings. The van der Waals surface area contributed by atoms with Crippen LogP contribution in [-0.2, 0) is 5.75 Å². The van der Waals surface area contributed by atoms with E-state index in [0.29, 0.717) is 22.2 Å². The van der Waals surface area contributed by atoms with Crippen LogP contribution in [0.15, 0.2) is 34.0 Å². The molecular formula is C12H12ClN3OS. The minimum absolute atomic E-state index is 0.191. The fourth-order valence-electron chi connectivity index (χ4n) is 1.38. The molecule has 1 heterocycles. The predicted molar refractivity (Wildman–Crippen MR) is 75.0 cm³/mol. The Morgan fingerprint density at radius 3 is 2.94 bits per heavy atom. The van der Waals surface area contributed by atoms with Crippen LogP contribution >= 0.6 is 23.4 Å². The molecule has 18 heavy (non-hydrogen) atoms. The van der Waals surface area contributed by atoms with Crippen molar-refractivity contribution in [1.82, 2.24) is 9.97 Å². The first-order valence-electron chi connectivity index (χ1n) is 5.30. The quantitative estimate of drug-likeness (QED) is 0.849. The zero-order valence-corrected chi connectivity index (χ0v) is 11.3. The molecule has 0 aliphatic carbocycles. The lowest BCUT2D eigenvalue weighted by atomic mass is 10.3. The van der Waals surface area contributed by atoms with Crippen molar-refractivity contribution in [3.63, 3.8) is 0 Å². The van der Waals surface area contributed by atoms with Crippen LogP contribution in [0.5, 0.6) is 0 Å². The standard InChI is InChI=1S/C12H12ClN3OS/c1-7-11(14)15-10(16-12(7)17)6-18-9-4-2-3-8(13)5-9/h2-5H,6H2,1H3,(H3,14,15,16,17). The number of nitrogens with one attached hydrogen (secondary N) is 1. The molecule has 1 aromatic carbocycles. The van der Waals surface area contributed by atoms with Crippen LogP contribution in [-0.4, -0.2) is 9.97 Å². The van der Waals surface area contributed by atoms with Gasteiger partial charge in [0.25, 0.3) is 5.56 Å². The van der Waals surface area contributed by atoms with Gasteiger partial charge in [-0.25, -0.2) is 4.98 Å². The van der Waals surface area contributed by atoms with E-state index in [9.17, 15) is 4.79 Å². The Morgan fingerprint density at radius 2 is 2.28 bits per heavy atom. The summed E-state index contributed by atoms with van der Waals surface area (Å²) in [5, 5.41) is 0.685. The summed E-state index contributed by atoms with van der Waals surface area (Å²) in [6, 6.07) is 7.51. The molecule has 0 bridgehead atoms. The third kappa shape index (κ3) is 3.05. The predicted octanol–water partition coefficient (Wildman–Crippen LogP) is 2.61. The van der Waals surface area contributed by atoms with Crippen LogP contribution in [0.1, 0.15) is 11.4 Å². The second kappa shape index (κ2) is 5.46. The number of nitrogens with zero attached hydrogens (tertiary/aromatic N) is 1. The summed E-state index contributed by atoms with van der Waals surface area (Å²) in [5.74, 6) is 1.38. The monoisotopic (exact) mass is 281 g/mol. The van der Waals surface area contributed by atoms with Crippen LogP contribution in [0, 0.1) is 6.92 Å². The van der Waals surface area contributed by atoms with Crippen molar-refractivity contribution in [2.24, 2.45) is 0 Å². The van der Waals surface area contributed by atoms with E-state index in [-0.39, 0.29) is 11.4 Å². The Hall–Kier alpha value is -1.46. The highest BCUT2D eigenvalue weighted by atomic mass is 35.5. The molecule has 0 atom stereocenters. The van der Waals surface area contributed by atoms with Crippen molar-refractivity contribution in [1.29, 1.82) is 0 Å². The first kappa shape index (κ1) is 13.0. The zero-order chi connectivity index (χ0) is 13.1. The maximum Gasteiger partial charge on any atom is 0.255 e. The van der Waals surface area contributed by atoms with Gasteiger partial charge in [-0.15, -0.1) is 11.8 Å². The lowest BCUT2D eigenvalue weighted by molar-refractivity contribution is 0.988. The summed E-state index contributed by atoms with van der Waals surface area (Å²) in [6.07, 6.45) is 0. The summed E-state index contributed by atoms with van der Waals surface area (Å²) < 4.78 is 0. The van der Waals surface area contributed by atoms with Crippen molar-refractivity contribution in [2.75, 3.05) is 5.73 Å². The van der Waals surface area contributed by atoms with Gasteiger partial charge in [-0.2, -0.15) is 0 Å². The molecular weight excluding hydrogens is 270 g/mol. The van der Waals surface area contributed by atoms with Crippen LogP contribution in [0.25, 0.3) is 0 Å². The highest BCUT2D eigenvalue weighted by Crippen LogP contribution is 2.24. The first-order chi connectivity index (χ1) is 8.56. The van der Waals surface area contributed by atoms with Crippen LogP contribution in [0.3, 0.4) is 0 Å². The Bertz CT molecular complexity index is 627. The number of H-pyrrole nitrogens is 1. The second-order valence-corrected chi connectivity index (χ2v) is 5.25. The number of halogens is 1. The van der Waals surface area contributed by atoms with Gasteiger partial charge in [0.05, 0.1) is 11.3 Å². The molecule has 0 saturated heterocycles. The van der Waals surface area contributed by atoms with E-state index < -0.39 is 0 Å². The molecule has 0 radical (unpaired) electrons. The first-order valence-corrected chi connectivity index (χ1v) is 6.66. The third-order valence-corrected chi connectivity index (χ3v) is 3.65. The molecule has 0 spiro atoms. The molecule has 0 aliphatic heterocycles. The Morgan fingerprint density at radius 1 is 1.50 bits per heavy atom. The number of nitrogen functional groups attached to an aromatic ring is 1. The maximum atomic E-state index is 11.5. The number of aromatic amines is 1. The fraction of sp³-hybridized carbons (Fsp3) is 0.167. The van der Waals surface area contributed by atoms with E-state index in [0.717, 1.165) is 4.90 Å². The fourth-order valence-corrected chi connectivity index (χ4v) is 2.46. The van der Waals surface area contributed by atoms with E-state index in [2.05, 4.69) is 9.97 Å². The minimum Gasteiger partial charge on any atom is -0.383 e. The highest BCUT2D eigenvalue weighted by Gasteiger charge is 2.05. The average molecular weight is 282 g/mol. The van der Waals surface area contributed by atoms with Crippen LogP contribution in [0.2, 0.25) is 5.02 Å². The number of aromatic nitrogens is 2. The number of nitrogens with two attached hydrogens (primary N) is 1. The van der Waals surface area contributed by atoms with Crippen molar-refractivity contribution < 1.29 is 0 Å². The van der Waals surface area contributed by atoms with Gasteiger partial charge in [-0.1, -0.05) is 17.7 Å². The number of hydrogen-bond acceptors (Lipinski definition) is 4. The van der Waals surface area contributed by atoms with Crippen molar-refractivity contribution in [3.8, 4) is 0 Å². The normalized spacial score (nSPS) is 10.6. The molecule has 94 valence electrons. The average Bonchev–Trinajstić information content (AvgIpc) is 2.33. The number of benzene rings is 1. The molecule has 0 amide bonds. The van der Waals surface area contributed by atoms with Crippen molar-refractivity contribution >= 4 is 29.2 Å². The zero-order valence-electron chi connectivity index (χ0n) is 9.74. The topological polar surface area (TPSA) is 71.8 Å². The Kier molecular flexibility index (Phi) is 3.93. The van der Waals surface area contributed by atoms with Gasteiger partial charge in [-0.05, 0) is 25.1 Å². The number of rotatable bonds is 3. The third-order valence-electron chi connectivity index (χ3n) is 2.41. The van der Waals surface area contributed by atoms with Crippen LogP contribution in [0.4, 0.5) is 5.82 Å². The van der Waals surface area contributed by atoms with Gasteiger partial charge >= 0.3 is 0 Å². The maximum absolute atomic E-state index is 11.5. The molecule has 4 nitrogen and oxygen atoms in total. The summed E-state index contributed by atoms with van der Waals surface area (Å²) in [5.41, 5.74) is 5.91. The molecule has 1 aromatic heterocycles. The molecule has 0 fully saturated rings. The van der Waals surface area contributed by atoms with Gasteiger partial charge in [0.2, 0.25) is 0 Å². The Labute approximate surface area is 114 Å². The highest BCUT2D eigenvalue weighted by molar-refractivity contribution is 7.98. The van der Waals surface area contributed by atoms with Crippen molar-refractivity contribution in [3.05, 3.63) is 51.0 Å². The molecule has 0 unspecified atom stereocenters. The van der Waals surface area contributed by atoms with Gasteiger partial charge in [0.15, 0.2) is 0 Å². The van der Waals surface area contributed by atoms with E-state index in [4.69, 9.17) is 17.3 Å². The molecule has 0 saturated carbocycles. The van der Waals surface area contributed by atoms with E-state index in [1.807, 2.05) is 24.3 Å². The van der Waals surface area contributed by atoms with Gasteiger partial charge in [0.1, 0.15) is 11.6 Å². The van der Waals surface area contributed by atoms with E-state index >= 15 is 0 Å². The number of anilines is 1. The largest absolute Gasteiger partial charge is 0.383 e. The smallest absolute Gasteiger partial charge is 0.255 e. The SMILES string of the molecule is Cc1c(N)nc(CSc2cccc(Cl)c2)[nH]c1=O. The summed E-state index contributed by atoms with van der Waals surface area (Å²) in [7, 11) is 0. The lowest BCUT2D eigenvalue weighted by Crippen LogP contribution is -2.16. The van der Waals surface area contributed by atoms with Crippen molar-refractivity contribution in [2.45, 2.75) is 17.6 Å². The molecule has 2 rings (SSSR count). The van der Waals surface area contributed by atoms with Gasteiger partial charge < -0.3 is 10.7 Å². The van der Waals surface area contributed by atoms with Gasteiger partial charge in [-0.3, -0.25) is 4.79 Å². The second-order valence-electron chi connectivity index (χ2n) is 3.77. The molecule has 0 aliphatic rings. The summed E-state index contributed by atoms with van der Waals surface area (Å²) in [4.78, 5) is 19.4. The number of thioether (sulfide) groups is 1. The summed E-state index contributed by atoms with van der Waals surface area (Å²) >= 11 is 7.43. The Balaban J connectivity index is 2.14. The van der Waals surface area contributed by atoms with Crippen LogP contribution < -0.4 is 11.3 Å². The molecule has 6 heteroatoms. The van der Waals surface area contributed by atoms with Gasteiger partial charge in [0, 0.05) is 9.92 Å². The number of hydrogen-bond donors (Lipinski definition) is 2. The molecule has 3 N–H and O–H groups in total.